The number of halogens is 3. The van der Waals surface area contributed by atoms with Crippen molar-refractivity contribution in [3.8, 4) is 11.3 Å². The molecular weight excluding hydrogens is 393 g/mol. The Morgan fingerprint density at radius 1 is 1.04 bits per heavy atom. The van der Waals surface area contributed by atoms with E-state index < -0.39 is 0 Å². The highest BCUT2D eigenvalue weighted by atomic mass is 35.5. The van der Waals surface area contributed by atoms with Crippen molar-refractivity contribution in [3.63, 3.8) is 0 Å². The smallest absolute Gasteiger partial charge is 0.255 e. The Morgan fingerprint density at radius 2 is 1.77 bits per heavy atom. The summed E-state index contributed by atoms with van der Waals surface area (Å²) in [5.41, 5.74) is 3.65. The Hall–Kier alpha value is -2.01. The summed E-state index contributed by atoms with van der Waals surface area (Å²) in [7, 11) is 0. The van der Waals surface area contributed by atoms with Crippen molar-refractivity contribution in [1.29, 1.82) is 0 Å². The van der Waals surface area contributed by atoms with Gasteiger partial charge >= 0.3 is 0 Å². The number of amides is 1. The van der Waals surface area contributed by atoms with Gasteiger partial charge < -0.3 is 5.32 Å². The first-order valence-corrected chi connectivity index (χ1v) is 9.27. The number of aromatic nitrogens is 2. The van der Waals surface area contributed by atoms with E-state index in [1.807, 2.05) is 12.1 Å². The number of anilines is 1. The summed E-state index contributed by atoms with van der Waals surface area (Å²) in [4.78, 5) is 12.7. The van der Waals surface area contributed by atoms with Crippen LogP contribution in [-0.2, 0) is 0 Å². The minimum atomic E-state index is -0.262. The zero-order valence-corrected chi connectivity index (χ0v) is 15.8. The SMILES string of the molecule is O=C(Nc1c(-c2ccc(Cl)cc2)n[nH]c1C1CC1)c1ccc(Cl)c(Cl)c1. The van der Waals surface area contributed by atoms with E-state index in [0.717, 1.165) is 24.1 Å². The van der Waals surface area contributed by atoms with Crippen LogP contribution in [0.25, 0.3) is 11.3 Å². The topological polar surface area (TPSA) is 57.8 Å². The summed E-state index contributed by atoms with van der Waals surface area (Å²) in [5.74, 6) is 0.134. The van der Waals surface area contributed by atoms with Gasteiger partial charge in [-0.1, -0.05) is 46.9 Å². The van der Waals surface area contributed by atoms with Gasteiger partial charge in [-0.05, 0) is 43.2 Å². The van der Waals surface area contributed by atoms with E-state index in [2.05, 4.69) is 15.5 Å². The second kappa shape index (κ2) is 6.95. The average molecular weight is 407 g/mol. The summed E-state index contributed by atoms with van der Waals surface area (Å²) >= 11 is 17.9. The normalized spacial score (nSPS) is 13.7. The number of H-pyrrole nitrogens is 1. The standard InChI is InChI=1S/C19H14Cl3N3O/c20-13-6-3-11(4-7-13)17-18(16(24-25-17)10-1-2-10)23-19(26)12-5-8-14(21)15(22)9-12/h3-10H,1-2H2,(H,23,26)(H,24,25). The highest BCUT2D eigenvalue weighted by Gasteiger charge is 2.31. The van der Waals surface area contributed by atoms with Crippen molar-refractivity contribution in [2.45, 2.75) is 18.8 Å². The molecule has 1 amide bonds. The molecule has 1 aromatic heterocycles. The minimum Gasteiger partial charge on any atom is -0.319 e. The lowest BCUT2D eigenvalue weighted by atomic mass is 10.1. The van der Waals surface area contributed by atoms with E-state index >= 15 is 0 Å². The van der Waals surface area contributed by atoms with Crippen molar-refractivity contribution in [2.75, 3.05) is 5.32 Å². The molecule has 1 fully saturated rings. The molecule has 7 heteroatoms. The Kier molecular flexibility index (Phi) is 4.65. The van der Waals surface area contributed by atoms with E-state index in [4.69, 9.17) is 34.8 Å². The third-order valence-corrected chi connectivity index (χ3v) is 5.31. The van der Waals surface area contributed by atoms with E-state index in [1.165, 1.54) is 0 Å². The van der Waals surface area contributed by atoms with Crippen LogP contribution in [0.1, 0.15) is 34.8 Å². The Labute approximate surface area is 165 Å². The zero-order valence-electron chi connectivity index (χ0n) is 13.5. The van der Waals surface area contributed by atoms with Gasteiger partial charge in [-0.2, -0.15) is 5.10 Å². The van der Waals surface area contributed by atoms with Crippen LogP contribution in [0.3, 0.4) is 0 Å². The van der Waals surface area contributed by atoms with Crippen LogP contribution in [0.5, 0.6) is 0 Å². The number of carbonyl (C=O) groups is 1. The molecule has 4 rings (SSSR count). The number of nitrogens with one attached hydrogen (secondary N) is 2. The second-order valence-corrected chi connectivity index (χ2v) is 7.48. The summed E-state index contributed by atoms with van der Waals surface area (Å²) in [5, 5.41) is 11.9. The molecule has 26 heavy (non-hydrogen) atoms. The Morgan fingerprint density at radius 3 is 2.42 bits per heavy atom. The van der Waals surface area contributed by atoms with Crippen LogP contribution in [0.4, 0.5) is 5.69 Å². The first-order valence-electron chi connectivity index (χ1n) is 8.13. The molecule has 3 aromatic rings. The fourth-order valence-electron chi connectivity index (χ4n) is 2.79. The van der Waals surface area contributed by atoms with Crippen LogP contribution in [0.2, 0.25) is 15.1 Å². The molecule has 1 aliphatic carbocycles. The van der Waals surface area contributed by atoms with Crippen molar-refractivity contribution in [2.24, 2.45) is 0 Å². The maximum Gasteiger partial charge on any atom is 0.255 e. The van der Waals surface area contributed by atoms with Crippen LogP contribution in [0.15, 0.2) is 42.5 Å². The maximum atomic E-state index is 12.7. The van der Waals surface area contributed by atoms with Crippen molar-refractivity contribution in [3.05, 3.63) is 68.8 Å². The molecular formula is C19H14Cl3N3O. The third-order valence-electron chi connectivity index (χ3n) is 4.32. The third kappa shape index (κ3) is 3.45. The van der Waals surface area contributed by atoms with Crippen molar-refractivity contribution in [1.82, 2.24) is 10.2 Å². The predicted octanol–water partition coefficient (Wildman–Crippen LogP) is 6.17. The Bertz CT molecular complexity index is 978. The van der Waals surface area contributed by atoms with Crippen molar-refractivity contribution < 1.29 is 4.79 Å². The van der Waals surface area contributed by atoms with Gasteiger partial charge in [-0.25, -0.2) is 0 Å². The van der Waals surface area contributed by atoms with E-state index in [-0.39, 0.29) is 5.91 Å². The van der Waals surface area contributed by atoms with Gasteiger partial charge in [0.2, 0.25) is 0 Å². The molecule has 2 N–H and O–H groups in total. The van der Waals surface area contributed by atoms with E-state index in [0.29, 0.717) is 37.9 Å². The van der Waals surface area contributed by atoms with Crippen LogP contribution >= 0.6 is 34.8 Å². The number of aromatic amines is 1. The monoisotopic (exact) mass is 405 g/mol. The van der Waals surface area contributed by atoms with Crippen LogP contribution < -0.4 is 5.32 Å². The van der Waals surface area contributed by atoms with Gasteiger partial charge in [0.05, 0.1) is 21.4 Å². The predicted molar refractivity (Wildman–Crippen MR) is 105 cm³/mol. The molecule has 1 aliphatic rings. The molecule has 2 aromatic carbocycles. The lowest BCUT2D eigenvalue weighted by molar-refractivity contribution is 0.102. The first-order chi connectivity index (χ1) is 12.5. The lowest BCUT2D eigenvalue weighted by Gasteiger charge is -2.09. The molecule has 0 saturated heterocycles. The Balaban J connectivity index is 1.70. The minimum absolute atomic E-state index is 0.262. The first kappa shape index (κ1) is 17.4. The number of benzene rings is 2. The molecule has 1 saturated carbocycles. The van der Waals surface area contributed by atoms with Gasteiger partial charge in [0.1, 0.15) is 5.69 Å². The van der Waals surface area contributed by atoms with E-state index in [9.17, 15) is 4.79 Å². The molecule has 0 bridgehead atoms. The van der Waals surface area contributed by atoms with Crippen LogP contribution in [0, 0.1) is 0 Å². The largest absolute Gasteiger partial charge is 0.319 e. The molecule has 0 spiro atoms. The zero-order chi connectivity index (χ0) is 18.3. The van der Waals surface area contributed by atoms with E-state index in [1.54, 1.807) is 30.3 Å². The summed E-state index contributed by atoms with van der Waals surface area (Å²) in [6, 6.07) is 12.2. The fraction of sp³-hybridized carbons (Fsp3) is 0.158. The van der Waals surface area contributed by atoms with Gasteiger partial charge in [0.25, 0.3) is 5.91 Å². The van der Waals surface area contributed by atoms with Gasteiger partial charge in [-0.15, -0.1) is 0 Å². The number of rotatable bonds is 4. The highest BCUT2D eigenvalue weighted by molar-refractivity contribution is 6.42. The summed E-state index contributed by atoms with van der Waals surface area (Å²) in [6.45, 7) is 0. The molecule has 132 valence electrons. The van der Waals surface area contributed by atoms with Gasteiger partial charge in [0, 0.05) is 22.1 Å². The highest BCUT2D eigenvalue weighted by Crippen LogP contribution is 2.45. The number of hydrogen-bond donors (Lipinski definition) is 2. The fourth-order valence-corrected chi connectivity index (χ4v) is 3.21. The molecule has 4 nitrogen and oxygen atoms in total. The number of nitrogens with zero attached hydrogens (tertiary/aromatic N) is 1. The van der Waals surface area contributed by atoms with Crippen molar-refractivity contribution >= 4 is 46.4 Å². The van der Waals surface area contributed by atoms with Crippen LogP contribution in [-0.4, -0.2) is 16.1 Å². The second-order valence-electron chi connectivity index (χ2n) is 6.23. The number of hydrogen-bond acceptors (Lipinski definition) is 2. The summed E-state index contributed by atoms with van der Waals surface area (Å²) in [6.07, 6.45) is 2.16. The quantitative estimate of drug-likeness (QED) is 0.544. The molecule has 0 aliphatic heterocycles. The van der Waals surface area contributed by atoms with Gasteiger partial charge in [-0.3, -0.25) is 9.89 Å². The molecule has 0 unspecified atom stereocenters. The summed E-state index contributed by atoms with van der Waals surface area (Å²) < 4.78 is 0. The number of carbonyl (C=O) groups excluding carboxylic acids is 1. The molecule has 0 radical (unpaired) electrons. The lowest BCUT2D eigenvalue weighted by Crippen LogP contribution is -2.13. The molecule has 0 atom stereocenters. The average Bonchev–Trinajstić information content (AvgIpc) is 3.39. The maximum absolute atomic E-state index is 12.7. The molecule has 1 heterocycles. The van der Waals surface area contributed by atoms with Gasteiger partial charge in [0.15, 0.2) is 0 Å².